The first kappa shape index (κ1) is 13.1. The van der Waals surface area contributed by atoms with Crippen molar-refractivity contribution in [2.45, 2.75) is 44.2 Å². The van der Waals surface area contributed by atoms with Crippen molar-refractivity contribution in [2.75, 3.05) is 13.2 Å². The predicted octanol–water partition coefficient (Wildman–Crippen LogP) is 3.44. The largest absolute Gasteiger partial charge is 0.377 e. The Bertz CT molecular complexity index is 396. The molecule has 0 radical (unpaired) electrons. The van der Waals surface area contributed by atoms with Gasteiger partial charge in [0.1, 0.15) is 5.82 Å². The summed E-state index contributed by atoms with van der Waals surface area (Å²) in [6.07, 6.45) is 6.54. The van der Waals surface area contributed by atoms with Crippen molar-refractivity contribution in [1.82, 2.24) is 5.32 Å². The minimum absolute atomic E-state index is 0.158. The average Bonchev–Trinajstić information content (AvgIpc) is 3.27. The van der Waals surface area contributed by atoms with Gasteiger partial charge in [0.05, 0.1) is 6.10 Å². The Kier molecular flexibility index (Phi) is 4.14. The third-order valence-corrected chi connectivity index (χ3v) is 4.16. The second-order valence-corrected chi connectivity index (χ2v) is 5.76. The van der Waals surface area contributed by atoms with E-state index in [2.05, 4.69) is 5.32 Å². The van der Waals surface area contributed by atoms with Crippen LogP contribution in [0, 0.1) is 11.7 Å². The summed E-state index contributed by atoms with van der Waals surface area (Å²) in [6, 6.07) is 7.30. The Morgan fingerprint density at radius 1 is 1.16 bits per heavy atom. The molecule has 0 aromatic heterocycles. The van der Waals surface area contributed by atoms with E-state index >= 15 is 0 Å². The summed E-state index contributed by atoms with van der Waals surface area (Å²) in [5.41, 5.74) is 1.21. The van der Waals surface area contributed by atoms with Crippen LogP contribution in [-0.4, -0.2) is 19.3 Å². The van der Waals surface area contributed by atoms with Crippen LogP contribution in [0.1, 0.15) is 43.7 Å². The van der Waals surface area contributed by atoms with Gasteiger partial charge < -0.3 is 10.1 Å². The third-order valence-electron chi connectivity index (χ3n) is 4.16. The van der Waals surface area contributed by atoms with E-state index in [0.717, 1.165) is 19.6 Å². The molecule has 1 N–H and O–H groups in total. The zero-order valence-electron chi connectivity index (χ0n) is 11.3. The first-order valence-corrected chi connectivity index (χ1v) is 7.43. The van der Waals surface area contributed by atoms with Gasteiger partial charge in [-0.25, -0.2) is 4.39 Å². The van der Waals surface area contributed by atoms with Gasteiger partial charge in [0.25, 0.3) is 0 Å². The molecule has 0 amide bonds. The number of hydrogen-bond donors (Lipinski definition) is 1. The van der Waals surface area contributed by atoms with Gasteiger partial charge in [-0.1, -0.05) is 12.1 Å². The topological polar surface area (TPSA) is 21.3 Å². The van der Waals surface area contributed by atoms with E-state index in [1.54, 1.807) is 12.1 Å². The van der Waals surface area contributed by atoms with Crippen LogP contribution in [0.4, 0.5) is 4.39 Å². The van der Waals surface area contributed by atoms with Crippen molar-refractivity contribution in [3.05, 3.63) is 35.6 Å². The van der Waals surface area contributed by atoms with Gasteiger partial charge in [-0.3, -0.25) is 0 Å². The lowest BCUT2D eigenvalue weighted by Crippen LogP contribution is -2.34. The summed E-state index contributed by atoms with van der Waals surface area (Å²) in [7, 11) is 0. The number of rotatable bonds is 5. The Labute approximate surface area is 114 Å². The van der Waals surface area contributed by atoms with Crippen LogP contribution in [-0.2, 0) is 4.74 Å². The van der Waals surface area contributed by atoms with Crippen LogP contribution in [0.3, 0.4) is 0 Å². The molecule has 2 nitrogen and oxygen atoms in total. The average molecular weight is 263 g/mol. The normalized spacial score (nSPS) is 25.2. The van der Waals surface area contributed by atoms with Crippen molar-refractivity contribution in [3.63, 3.8) is 0 Å². The molecule has 0 bridgehead atoms. The van der Waals surface area contributed by atoms with Gasteiger partial charge in [-0.15, -0.1) is 0 Å². The van der Waals surface area contributed by atoms with Gasteiger partial charge >= 0.3 is 0 Å². The lowest BCUT2D eigenvalue weighted by molar-refractivity contribution is 0.0149. The third kappa shape index (κ3) is 3.54. The highest BCUT2D eigenvalue weighted by Crippen LogP contribution is 2.41. The van der Waals surface area contributed by atoms with Gasteiger partial charge in [-0.05, 0) is 55.7 Å². The molecule has 3 rings (SSSR count). The fourth-order valence-electron chi connectivity index (χ4n) is 2.88. The lowest BCUT2D eigenvalue weighted by Gasteiger charge is -2.26. The van der Waals surface area contributed by atoms with Crippen LogP contribution < -0.4 is 5.32 Å². The molecule has 1 aromatic rings. The van der Waals surface area contributed by atoms with Crippen LogP contribution in [0.5, 0.6) is 0 Å². The molecule has 1 aliphatic heterocycles. The zero-order chi connectivity index (χ0) is 13.1. The van der Waals surface area contributed by atoms with Gasteiger partial charge in [0, 0.05) is 19.2 Å². The monoisotopic (exact) mass is 263 g/mol. The van der Waals surface area contributed by atoms with Gasteiger partial charge in [-0.2, -0.15) is 0 Å². The molecule has 104 valence electrons. The second-order valence-electron chi connectivity index (χ2n) is 5.76. The molecule has 1 heterocycles. The number of ether oxygens (including phenoxy) is 1. The molecule has 1 saturated carbocycles. The van der Waals surface area contributed by atoms with Crippen LogP contribution >= 0.6 is 0 Å². The maximum absolute atomic E-state index is 13.0. The number of nitrogens with one attached hydrogen (secondary N) is 1. The molecular weight excluding hydrogens is 241 g/mol. The highest BCUT2D eigenvalue weighted by Gasteiger charge is 2.32. The summed E-state index contributed by atoms with van der Waals surface area (Å²) >= 11 is 0. The van der Waals surface area contributed by atoms with E-state index in [-0.39, 0.29) is 5.82 Å². The van der Waals surface area contributed by atoms with Crippen molar-refractivity contribution >= 4 is 0 Å². The summed E-state index contributed by atoms with van der Waals surface area (Å²) < 4.78 is 18.8. The van der Waals surface area contributed by atoms with E-state index < -0.39 is 0 Å². The van der Waals surface area contributed by atoms with E-state index in [4.69, 9.17) is 4.74 Å². The number of benzene rings is 1. The molecule has 0 spiro atoms. The molecule has 1 saturated heterocycles. The minimum atomic E-state index is -0.158. The predicted molar refractivity (Wildman–Crippen MR) is 73.5 cm³/mol. The zero-order valence-corrected chi connectivity index (χ0v) is 11.3. The Morgan fingerprint density at radius 3 is 2.58 bits per heavy atom. The van der Waals surface area contributed by atoms with E-state index in [9.17, 15) is 4.39 Å². The molecule has 1 aromatic carbocycles. The number of halogens is 1. The van der Waals surface area contributed by atoms with Crippen molar-refractivity contribution in [3.8, 4) is 0 Å². The Balaban J connectivity index is 1.59. The van der Waals surface area contributed by atoms with Crippen LogP contribution in [0.2, 0.25) is 0 Å². The molecule has 2 atom stereocenters. The quantitative estimate of drug-likeness (QED) is 0.878. The number of hydrogen-bond acceptors (Lipinski definition) is 2. The molecular formula is C16H22FNO. The summed E-state index contributed by atoms with van der Waals surface area (Å²) in [5, 5.41) is 3.64. The highest BCUT2D eigenvalue weighted by molar-refractivity contribution is 5.22. The highest BCUT2D eigenvalue weighted by atomic mass is 19.1. The van der Waals surface area contributed by atoms with Crippen molar-refractivity contribution in [1.29, 1.82) is 0 Å². The van der Waals surface area contributed by atoms with E-state index in [0.29, 0.717) is 18.1 Å². The van der Waals surface area contributed by atoms with E-state index in [1.165, 1.54) is 31.2 Å². The standard InChI is InChI=1S/C16H22FNO/c17-14-8-6-13(7-9-14)16(12-4-5-12)18-11-15-3-1-2-10-19-15/h6-9,12,15-16,18H,1-5,10-11H2. The summed E-state index contributed by atoms with van der Waals surface area (Å²) in [5.74, 6) is 0.558. The maximum Gasteiger partial charge on any atom is 0.123 e. The fourth-order valence-corrected chi connectivity index (χ4v) is 2.88. The Hall–Kier alpha value is -0.930. The minimum Gasteiger partial charge on any atom is -0.377 e. The van der Waals surface area contributed by atoms with Gasteiger partial charge in [0.15, 0.2) is 0 Å². The van der Waals surface area contributed by atoms with Crippen molar-refractivity contribution in [2.24, 2.45) is 5.92 Å². The molecule has 19 heavy (non-hydrogen) atoms. The second kappa shape index (κ2) is 6.02. The first-order chi connectivity index (χ1) is 9.33. The van der Waals surface area contributed by atoms with Gasteiger partial charge in [0.2, 0.25) is 0 Å². The SMILES string of the molecule is Fc1ccc(C(NCC2CCCCO2)C2CC2)cc1. The summed E-state index contributed by atoms with van der Waals surface area (Å²) in [4.78, 5) is 0. The van der Waals surface area contributed by atoms with E-state index in [1.807, 2.05) is 12.1 Å². The molecule has 2 aliphatic rings. The Morgan fingerprint density at radius 2 is 1.95 bits per heavy atom. The fraction of sp³-hybridized carbons (Fsp3) is 0.625. The molecule has 3 heteroatoms. The smallest absolute Gasteiger partial charge is 0.123 e. The maximum atomic E-state index is 13.0. The van der Waals surface area contributed by atoms with Crippen molar-refractivity contribution < 1.29 is 9.13 Å². The van der Waals surface area contributed by atoms with Crippen LogP contribution in [0.15, 0.2) is 24.3 Å². The molecule has 2 fully saturated rings. The summed E-state index contributed by atoms with van der Waals surface area (Å²) in [6.45, 7) is 1.82. The molecule has 1 aliphatic carbocycles. The first-order valence-electron chi connectivity index (χ1n) is 7.43. The lowest BCUT2D eigenvalue weighted by atomic mass is 10.0. The van der Waals surface area contributed by atoms with Crippen LogP contribution in [0.25, 0.3) is 0 Å². The molecule has 2 unspecified atom stereocenters.